The second-order valence-corrected chi connectivity index (χ2v) is 19.6. The molecule has 11 aromatic carbocycles. The van der Waals surface area contributed by atoms with Crippen LogP contribution in [0.5, 0.6) is 0 Å². The van der Waals surface area contributed by atoms with Crippen LogP contribution in [0.25, 0.3) is 110 Å². The Kier molecular flexibility index (Phi) is 12.4. The van der Waals surface area contributed by atoms with E-state index >= 15 is 0 Å². The maximum absolute atomic E-state index is 3.98. The summed E-state index contributed by atoms with van der Waals surface area (Å²) in [6, 6.07) is 89.4. The first-order chi connectivity index (χ1) is 36.4. The van der Waals surface area contributed by atoms with Crippen molar-refractivity contribution in [1.82, 2.24) is 4.57 Å². The van der Waals surface area contributed by atoms with Crippen LogP contribution in [0, 0.1) is 6.92 Å². The molecular formula is C73H57N. The van der Waals surface area contributed by atoms with Gasteiger partial charge in [-0.15, -0.1) is 0 Å². The van der Waals surface area contributed by atoms with Gasteiger partial charge in [0.25, 0.3) is 0 Å². The molecule has 1 atom stereocenters. The fraction of sp³-hybridized carbons (Fsp3) is 0.0685. The summed E-state index contributed by atoms with van der Waals surface area (Å²) in [6.45, 7) is 10.9. The van der Waals surface area contributed by atoms with Gasteiger partial charge in [0.05, 0.1) is 11.0 Å². The fourth-order valence-corrected chi connectivity index (χ4v) is 11.6. The molecule has 1 heteroatoms. The molecule has 0 saturated heterocycles. The summed E-state index contributed by atoms with van der Waals surface area (Å²) in [6.07, 6.45) is 7.02. The second-order valence-electron chi connectivity index (χ2n) is 19.6. The van der Waals surface area contributed by atoms with Gasteiger partial charge in [-0.3, -0.25) is 0 Å². The van der Waals surface area contributed by atoms with Crippen LogP contribution < -0.4 is 0 Å². The van der Waals surface area contributed by atoms with Crippen molar-refractivity contribution in [2.45, 2.75) is 33.1 Å². The van der Waals surface area contributed by atoms with Crippen molar-refractivity contribution < 1.29 is 0 Å². The van der Waals surface area contributed by atoms with Gasteiger partial charge < -0.3 is 4.57 Å². The lowest BCUT2D eigenvalue weighted by Crippen LogP contribution is -2.03. The zero-order valence-electron chi connectivity index (χ0n) is 42.3. The summed E-state index contributed by atoms with van der Waals surface area (Å²) in [5.74, 6) is 0.194. The average molecular weight is 948 g/mol. The number of nitrogens with zero attached hydrogens (tertiary/aromatic N) is 1. The highest BCUT2D eigenvalue weighted by Gasteiger charge is 2.21. The van der Waals surface area contributed by atoms with Crippen molar-refractivity contribution in [3.8, 4) is 61.3 Å². The average Bonchev–Trinajstić information content (AvgIpc) is 3.82. The SMILES string of the molecule is C=C/C=C\C/C(=C(\C)c1ccc(-c2c3ccccc3c(-c3ccc(-n4c5ccccc5c5cc(-c6ccc(-c7ccccc7)cc6)ccc54)cc3)c3ccccc23)cc1)C(C)c1ccccc1-c1ccccc1C. The van der Waals surface area contributed by atoms with Gasteiger partial charge in [-0.2, -0.15) is 0 Å². The Morgan fingerprint density at radius 3 is 1.54 bits per heavy atom. The van der Waals surface area contributed by atoms with Gasteiger partial charge in [0.1, 0.15) is 0 Å². The molecule has 0 fully saturated rings. The number of aromatic nitrogens is 1. The number of aryl methyl sites for hydroxylation is 1. The van der Waals surface area contributed by atoms with Crippen LogP contribution in [0.2, 0.25) is 0 Å². The van der Waals surface area contributed by atoms with Gasteiger partial charge in [0, 0.05) is 22.4 Å². The van der Waals surface area contributed by atoms with Gasteiger partial charge >= 0.3 is 0 Å². The molecule has 0 amide bonds. The topological polar surface area (TPSA) is 4.93 Å². The van der Waals surface area contributed by atoms with Crippen LogP contribution in [0.1, 0.15) is 42.9 Å². The van der Waals surface area contributed by atoms with Crippen molar-refractivity contribution in [2.75, 3.05) is 0 Å². The molecule has 0 N–H and O–H groups in total. The molecular weight excluding hydrogens is 891 g/mol. The predicted octanol–water partition coefficient (Wildman–Crippen LogP) is 20.4. The maximum Gasteiger partial charge on any atom is 0.0541 e. The lowest BCUT2D eigenvalue weighted by molar-refractivity contribution is 0.865. The van der Waals surface area contributed by atoms with Crippen LogP contribution in [0.4, 0.5) is 0 Å². The summed E-state index contributed by atoms with van der Waals surface area (Å²) in [4.78, 5) is 0. The Labute approximate surface area is 435 Å². The monoisotopic (exact) mass is 947 g/mol. The van der Waals surface area contributed by atoms with Gasteiger partial charge in [-0.25, -0.2) is 0 Å². The molecule has 12 aromatic rings. The highest BCUT2D eigenvalue weighted by atomic mass is 15.0. The first-order valence-electron chi connectivity index (χ1n) is 25.9. The predicted molar refractivity (Wildman–Crippen MR) is 319 cm³/mol. The molecule has 0 bridgehead atoms. The Bertz CT molecular complexity index is 4050. The largest absolute Gasteiger partial charge is 0.309 e. The minimum atomic E-state index is 0.194. The smallest absolute Gasteiger partial charge is 0.0541 e. The second kappa shape index (κ2) is 19.9. The summed E-state index contributed by atoms with van der Waals surface area (Å²) in [7, 11) is 0. The maximum atomic E-state index is 3.98. The first kappa shape index (κ1) is 46.1. The summed E-state index contributed by atoms with van der Waals surface area (Å²) in [5.41, 5.74) is 22.5. The van der Waals surface area contributed by atoms with Gasteiger partial charge in [0.2, 0.25) is 0 Å². The van der Waals surface area contributed by atoms with E-state index in [2.05, 4.69) is 287 Å². The molecule has 1 heterocycles. The third kappa shape index (κ3) is 8.37. The summed E-state index contributed by atoms with van der Waals surface area (Å²) >= 11 is 0. The number of rotatable bonds is 12. The van der Waals surface area contributed by atoms with Crippen LogP contribution in [0.15, 0.2) is 273 Å². The van der Waals surface area contributed by atoms with Gasteiger partial charge in [0.15, 0.2) is 0 Å². The van der Waals surface area contributed by atoms with E-state index in [0.717, 1.165) is 12.1 Å². The van der Waals surface area contributed by atoms with E-state index in [4.69, 9.17) is 0 Å². The quantitative estimate of drug-likeness (QED) is 0.0850. The number of benzene rings is 11. The van der Waals surface area contributed by atoms with E-state index < -0.39 is 0 Å². The third-order valence-corrected chi connectivity index (χ3v) is 15.4. The standard InChI is InChI=1S/C73H57N/c1-5-6-8-25-61(51(4)62-26-13-14-27-63(62)60-24-12-11-21-49(60)2)50(3)52-34-40-56(41-35-52)72-65-29-15-17-31-67(65)73(68-32-18-16-30-66(68)72)57-42-45-59(46-43-57)74-70-33-20-19-28-64(70)69-48-58(44-47-71(69)74)55-38-36-54(37-39-55)53-22-9-7-10-23-53/h5-24,26-48,51H,1,25H2,2-4H3/b8-6-,61-50-. The number of fused-ring (bicyclic) bond motifs is 5. The minimum Gasteiger partial charge on any atom is -0.309 e. The summed E-state index contributed by atoms with van der Waals surface area (Å²) < 4.78 is 2.42. The number of hydrogen-bond donors (Lipinski definition) is 0. The van der Waals surface area contributed by atoms with Gasteiger partial charge in [-0.1, -0.05) is 250 Å². The Morgan fingerprint density at radius 2 is 0.919 bits per heavy atom. The van der Waals surface area contributed by atoms with E-state index in [-0.39, 0.29) is 5.92 Å². The van der Waals surface area contributed by atoms with Crippen LogP contribution in [-0.2, 0) is 0 Å². The molecule has 0 spiro atoms. The normalized spacial score (nSPS) is 12.5. The Hall–Kier alpha value is -9.04. The van der Waals surface area contributed by atoms with Crippen molar-refractivity contribution in [3.63, 3.8) is 0 Å². The van der Waals surface area contributed by atoms with Gasteiger partial charge in [-0.05, 0) is 150 Å². The minimum absolute atomic E-state index is 0.194. The molecule has 0 aliphatic carbocycles. The number of hydrogen-bond acceptors (Lipinski definition) is 0. The molecule has 1 nitrogen and oxygen atoms in total. The van der Waals surface area contributed by atoms with Crippen LogP contribution >= 0.6 is 0 Å². The molecule has 1 aromatic heterocycles. The van der Waals surface area contributed by atoms with E-state index in [1.54, 1.807) is 0 Å². The molecule has 74 heavy (non-hydrogen) atoms. The zero-order chi connectivity index (χ0) is 50.1. The van der Waals surface area contributed by atoms with Crippen LogP contribution in [-0.4, -0.2) is 4.57 Å². The highest BCUT2D eigenvalue weighted by Crippen LogP contribution is 2.45. The third-order valence-electron chi connectivity index (χ3n) is 15.4. The van der Waals surface area contributed by atoms with Crippen LogP contribution in [0.3, 0.4) is 0 Å². The Balaban J connectivity index is 0.906. The Morgan fingerprint density at radius 1 is 0.446 bits per heavy atom. The van der Waals surface area contributed by atoms with E-state index in [9.17, 15) is 0 Å². The lowest BCUT2D eigenvalue weighted by atomic mass is 9.81. The number of allylic oxidation sites excluding steroid dienone is 5. The molecule has 12 rings (SSSR count). The molecule has 0 saturated carbocycles. The van der Waals surface area contributed by atoms with Crippen molar-refractivity contribution in [3.05, 3.63) is 290 Å². The lowest BCUT2D eigenvalue weighted by Gasteiger charge is -2.23. The fourth-order valence-electron chi connectivity index (χ4n) is 11.6. The van der Waals surface area contributed by atoms with E-state index in [1.165, 1.54) is 127 Å². The molecule has 354 valence electrons. The highest BCUT2D eigenvalue weighted by molar-refractivity contribution is 6.21. The number of para-hydroxylation sites is 1. The van der Waals surface area contributed by atoms with E-state index in [1.807, 2.05) is 6.08 Å². The van der Waals surface area contributed by atoms with Crippen molar-refractivity contribution >= 4 is 48.9 Å². The van der Waals surface area contributed by atoms with E-state index in [0.29, 0.717) is 0 Å². The first-order valence-corrected chi connectivity index (χ1v) is 25.9. The van der Waals surface area contributed by atoms with Crippen molar-refractivity contribution in [2.24, 2.45) is 0 Å². The molecule has 0 aliphatic heterocycles. The molecule has 0 aliphatic rings. The van der Waals surface area contributed by atoms with Crippen molar-refractivity contribution in [1.29, 1.82) is 0 Å². The molecule has 0 radical (unpaired) electrons. The zero-order valence-corrected chi connectivity index (χ0v) is 42.3. The molecule has 1 unspecified atom stereocenters. The summed E-state index contributed by atoms with van der Waals surface area (Å²) in [5, 5.41) is 7.47.